The monoisotopic (exact) mass is 256 g/mol. The molecule has 0 unspecified atom stereocenters. The maximum Gasteiger partial charge on any atom is 0.315 e. The van der Waals surface area contributed by atoms with Crippen molar-refractivity contribution < 1.29 is 18.3 Å². The third-order valence-corrected chi connectivity index (χ3v) is 1.95. The standard InChI is InChI=1S/C12H14F2N2O2/c1-2-5-15-12(17)16-6-7-18-9-3-4-10(13)11(14)8-9/h2-4,8H,1,5-7H2,(H2,15,16,17). The van der Waals surface area contributed by atoms with Gasteiger partial charge < -0.3 is 15.4 Å². The second-order valence-corrected chi connectivity index (χ2v) is 3.35. The number of carbonyl (C=O) groups is 1. The highest BCUT2D eigenvalue weighted by atomic mass is 19.2. The number of halogens is 2. The van der Waals surface area contributed by atoms with Gasteiger partial charge in [0.2, 0.25) is 0 Å². The van der Waals surface area contributed by atoms with Crippen molar-refractivity contribution in [1.82, 2.24) is 10.6 Å². The van der Waals surface area contributed by atoms with Gasteiger partial charge >= 0.3 is 6.03 Å². The van der Waals surface area contributed by atoms with Crippen LogP contribution in [0.4, 0.5) is 13.6 Å². The average molecular weight is 256 g/mol. The van der Waals surface area contributed by atoms with E-state index in [4.69, 9.17) is 4.74 Å². The molecule has 0 aliphatic heterocycles. The Hall–Kier alpha value is -2.11. The maximum atomic E-state index is 12.8. The minimum absolute atomic E-state index is 0.159. The molecule has 1 aromatic rings. The van der Waals surface area contributed by atoms with Gasteiger partial charge in [-0.1, -0.05) is 6.08 Å². The van der Waals surface area contributed by atoms with E-state index < -0.39 is 11.6 Å². The number of amides is 2. The van der Waals surface area contributed by atoms with Gasteiger partial charge in [-0.25, -0.2) is 13.6 Å². The molecule has 18 heavy (non-hydrogen) atoms. The van der Waals surface area contributed by atoms with E-state index in [9.17, 15) is 13.6 Å². The van der Waals surface area contributed by atoms with Crippen molar-refractivity contribution >= 4 is 6.03 Å². The molecule has 0 saturated heterocycles. The molecule has 2 amide bonds. The smallest absolute Gasteiger partial charge is 0.315 e. The molecule has 4 nitrogen and oxygen atoms in total. The molecule has 1 rings (SSSR count). The summed E-state index contributed by atoms with van der Waals surface area (Å²) in [4.78, 5) is 11.1. The number of rotatable bonds is 6. The van der Waals surface area contributed by atoms with Gasteiger partial charge in [0.25, 0.3) is 0 Å². The van der Waals surface area contributed by atoms with E-state index in [-0.39, 0.29) is 24.9 Å². The van der Waals surface area contributed by atoms with Gasteiger partial charge in [0.15, 0.2) is 11.6 Å². The van der Waals surface area contributed by atoms with Crippen LogP contribution < -0.4 is 15.4 Å². The van der Waals surface area contributed by atoms with Crippen LogP contribution in [-0.4, -0.2) is 25.7 Å². The van der Waals surface area contributed by atoms with Gasteiger partial charge in [-0.05, 0) is 12.1 Å². The van der Waals surface area contributed by atoms with E-state index in [0.717, 1.165) is 12.1 Å². The molecule has 2 N–H and O–H groups in total. The van der Waals surface area contributed by atoms with Crippen LogP contribution in [-0.2, 0) is 0 Å². The summed E-state index contributed by atoms with van der Waals surface area (Å²) in [6.07, 6.45) is 1.55. The van der Waals surface area contributed by atoms with Gasteiger partial charge in [0.05, 0.1) is 6.54 Å². The van der Waals surface area contributed by atoms with E-state index in [0.29, 0.717) is 6.54 Å². The van der Waals surface area contributed by atoms with Gasteiger partial charge in [0, 0.05) is 12.6 Å². The molecular formula is C12H14F2N2O2. The van der Waals surface area contributed by atoms with Crippen LogP contribution in [0.5, 0.6) is 5.75 Å². The Bertz CT molecular complexity index is 425. The lowest BCUT2D eigenvalue weighted by molar-refractivity contribution is 0.237. The normalized spacial score (nSPS) is 9.67. The molecule has 0 aliphatic carbocycles. The number of carbonyl (C=O) groups excluding carboxylic acids is 1. The average Bonchev–Trinajstić information content (AvgIpc) is 2.36. The number of urea groups is 1. The van der Waals surface area contributed by atoms with Crippen molar-refractivity contribution in [1.29, 1.82) is 0 Å². The minimum Gasteiger partial charge on any atom is -0.492 e. The van der Waals surface area contributed by atoms with Crippen molar-refractivity contribution in [3.8, 4) is 5.75 Å². The van der Waals surface area contributed by atoms with Crippen LogP contribution in [0.2, 0.25) is 0 Å². The van der Waals surface area contributed by atoms with Crippen LogP contribution >= 0.6 is 0 Å². The van der Waals surface area contributed by atoms with Crippen molar-refractivity contribution in [3.63, 3.8) is 0 Å². The highest BCUT2D eigenvalue weighted by Crippen LogP contribution is 2.14. The van der Waals surface area contributed by atoms with Crippen molar-refractivity contribution in [2.24, 2.45) is 0 Å². The fourth-order valence-corrected chi connectivity index (χ4v) is 1.13. The van der Waals surface area contributed by atoms with E-state index >= 15 is 0 Å². The minimum atomic E-state index is -0.968. The molecule has 0 heterocycles. The Kier molecular flexibility index (Phi) is 5.63. The first kappa shape index (κ1) is 14.0. The lowest BCUT2D eigenvalue weighted by Crippen LogP contribution is -2.37. The quantitative estimate of drug-likeness (QED) is 0.602. The van der Waals surface area contributed by atoms with E-state index in [2.05, 4.69) is 17.2 Å². The van der Waals surface area contributed by atoms with Crippen LogP contribution in [0.15, 0.2) is 30.9 Å². The molecule has 0 bridgehead atoms. The molecular weight excluding hydrogens is 242 g/mol. The summed E-state index contributed by atoms with van der Waals surface area (Å²) < 4.78 is 30.5. The van der Waals surface area contributed by atoms with Crippen LogP contribution in [0.25, 0.3) is 0 Å². The first-order chi connectivity index (χ1) is 8.63. The van der Waals surface area contributed by atoms with Gasteiger partial charge in [-0.15, -0.1) is 6.58 Å². The first-order valence-electron chi connectivity index (χ1n) is 5.34. The Morgan fingerprint density at radius 2 is 2.11 bits per heavy atom. The molecule has 98 valence electrons. The highest BCUT2D eigenvalue weighted by Gasteiger charge is 2.03. The summed E-state index contributed by atoms with van der Waals surface area (Å²) in [6.45, 7) is 4.23. The summed E-state index contributed by atoms with van der Waals surface area (Å²) in [7, 11) is 0. The molecule has 0 aliphatic rings. The third kappa shape index (κ3) is 4.82. The third-order valence-electron chi connectivity index (χ3n) is 1.95. The zero-order valence-electron chi connectivity index (χ0n) is 9.71. The predicted molar refractivity (Wildman–Crippen MR) is 63.5 cm³/mol. The zero-order valence-corrected chi connectivity index (χ0v) is 9.71. The van der Waals surface area contributed by atoms with Gasteiger partial charge in [-0.2, -0.15) is 0 Å². The van der Waals surface area contributed by atoms with Gasteiger partial charge in [-0.3, -0.25) is 0 Å². The molecule has 0 spiro atoms. The van der Waals surface area contributed by atoms with Crippen molar-refractivity contribution in [3.05, 3.63) is 42.5 Å². The van der Waals surface area contributed by atoms with Crippen LogP contribution in [0.3, 0.4) is 0 Å². The Morgan fingerprint density at radius 1 is 1.33 bits per heavy atom. The predicted octanol–water partition coefficient (Wildman–Crippen LogP) is 1.83. The second kappa shape index (κ2) is 7.26. The zero-order chi connectivity index (χ0) is 13.4. The fourth-order valence-electron chi connectivity index (χ4n) is 1.13. The number of hydrogen-bond acceptors (Lipinski definition) is 2. The SMILES string of the molecule is C=CCNC(=O)NCCOc1ccc(F)c(F)c1. The molecule has 6 heteroatoms. The lowest BCUT2D eigenvalue weighted by Gasteiger charge is -2.08. The molecule has 0 saturated carbocycles. The number of benzene rings is 1. The summed E-state index contributed by atoms with van der Waals surface area (Å²) >= 11 is 0. The maximum absolute atomic E-state index is 12.8. The van der Waals surface area contributed by atoms with E-state index in [1.54, 1.807) is 6.08 Å². The first-order valence-corrected chi connectivity index (χ1v) is 5.34. The van der Waals surface area contributed by atoms with Crippen LogP contribution in [0.1, 0.15) is 0 Å². The summed E-state index contributed by atoms with van der Waals surface area (Å²) in [5.74, 6) is -1.68. The Labute approximate surface area is 104 Å². The number of nitrogens with one attached hydrogen (secondary N) is 2. The molecule has 0 radical (unpaired) electrons. The Balaban J connectivity index is 2.23. The van der Waals surface area contributed by atoms with Gasteiger partial charge in [0.1, 0.15) is 12.4 Å². The van der Waals surface area contributed by atoms with Crippen molar-refractivity contribution in [2.45, 2.75) is 0 Å². The molecule has 1 aromatic carbocycles. The second-order valence-electron chi connectivity index (χ2n) is 3.35. The lowest BCUT2D eigenvalue weighted by atomic mass is 10.3. The molecule has 0 aromatic heterocycles. The Morgan fingerprint density at radius 3 is 2.78 bits per heavy atom. The van der Waals surface area contributed by atoms with Crippen LogP contribution in [0, 0.1) is 11.6 Å². The van der Waals surface area contributed by atoms with E-state index in [1.165, 1.54) is 6.07 Å². The number of hydrogen-bond donors (Lipinski definition) is 2. The highest BCUT2D eigenvalue weighted by molar-refractivity contribution is 5.73. The summed E-state index contributed by atoms with van der Waals surface area (Å²) in [6, 6.07) is 2.90. The molecule has 0 atom stereocenters. The van der Waals surface area contributed by atoms with Crippen molar-refractivity contribution in [2.75, 3.05) is 19.7 Å². The topological polar surface area (TPSA) is 50.4 Å². The molecule has 0 fully saturated rings. The largest absolute Gasteiger partial charge is 0.492 e. The number of ether oxygens (including phenoxy) is 1. The summed E-state index contributed by atoms with van der Waals surface area (Å²) in [5.41, 5.74) is 0. The van der Waals surface area contributed by atoms with E-state index in [1.807, 2.05) is 0 Å². The summed E-state index contributed by atoms with van der Waals surface area (Å²) in [5, 5.41) is 5.04. The fraction of sp³-hybridized carbons (Fsp3) is 0.250.